The van der Waals surface area contributed by atoms with E-state index < -0.39 is 0 Å². The van der Waals surface area contributed by atoms with Crippen molar-refractivity contribution in [3.63, 3.8) is 0 Å². The van der Waals surface area contributed by atoms with Gasteiger partial charge in [-0.25, -0.2) is 4.79 Å². The highest BCUT2D eigenvalue weighted by Gasteiger charge is 2.11. The average molecular weight is 681 g/mol. The van der Waals surface area contributed by atoms with Crippen molar-refractivity contribution >= 4 is 6.09 Å². The van der Waals surface area contributed by atoms with Crippen molar-refractivity contribution in [2.75, 3.05) is 72.1 Å². The molecule has 0 spiro atoms. The smallest absolute Gasteiger partial charge is 0.407 e. The summed E-state index contributed by atoms with van der Waals surface area (Å²) in [5.41, 5.74) is 2.29. The van der Waals surface area contributed by atoms with Crippen molar-refractivity contribution in [1.82, 2.24) is 20.0 Å². The molecule has 1 amide bonds. The largest absolute Gasteiger partial charge is 0.492 e. The Kier molecular flexibility index (Phi) is 25.3. The van der Waals surface area contributed by atoms with E-state index in [0.29, 0.717) is 13.2 Å². The second-order valence-electron chi connectivity index (χ2n) is 13.6. The predicted molar refractivity (Wildman–Crippen MR) is 208 cm³/mol. The molecular formula is C42H72N4O3. The van der Waals surface area contributed by atoms with E-state index in [1.807, 2.05) is 30.3 Å². The molecule has 0 bridgehead atoms. The maximum absolute atomic E-state index is 12.0. The first kappa shape index (κ1) is 42.6. The van der Waals surface area contributed by atoms with Crippen LogP contribution in [0.4, 0.5) is 4.79 Å². The van der Waals surface area contributed by atoms with Crippen molar-refractivity contribution in [3.8, 4) is 5.75 Å². The molecule has 0 aliphatic carbocycles. The fourth-order valence-electron chi connectivity index (χ4n) is 6.03. The number of hydrogen-bond acceptors (Lipinski definition) is 6. The number of nitrogens with one attached hydrogen (secondary N) is 1. The lowest BCUT2D eigenvalue weighted by Crippen LogP contribution is -2.36. The van der Waals surface area contributed by atoms with Crippen molar-refractivity contribution in [2.45, 2.75) is 118 Å². The highest BCUT2D eigenvalue weighted by atomic mass is 16.5. The Bertz CT molecular complexity index is 994. The van der Waals surface area contributed by atoms with Gasteiger partial charge in [-0.15, -0.1) is 0 Å². The normalized spacial score (nSPS) is 11.5. The summed E-state index contributed by atoms with van der Waals surface area (Å²) in [7, 11) is 0. The highest BCUT2D eigenvalue weighted by molar-refractivity contribution is 5.67. The number of rotatable bonds is 31. The van der Waals surface area contributed by atoms with Crippen molar-refractivity contribution in [1.29, 1.82) is 0 Å². The summed E-state index contributed by atoms with van der Waals surface area (Å²) >= 11 is 0. The van der Waals surface area contributed by atoms with Gasteiger partial charge in [0.2, 0.25) is 0 Å². The van der Waals surface area contributed by atoms with Gasteiger partial charge in [-0.3, -0.25) is 4.90 Å². The number of benzene rings is 2. The van der Waals surface area contributed by atoms with Crippen LogP contribution in [0.25, 0.3) is 0 Å². The van der Waals surface area contributed by atoms with Crippen LogP contribution in [0.1, 0.15) is 116 Å². The Morgan fingerprint density at radius 1 is 0.551 bits per heavy atom. The molecule has 0 unspecified atom stereocenters. The lowest BCUT2D eigenvalue weighted by Gasteiger charge is -2.27. The zero-order valence-corrected chi connectivity index (χ0v) is 31.9. The first-order chi connectivity index (χ1) is 24.1. The molecule has 0 fully saturated rings. The first-order valence-corrected chi connectivity index (χ1v) is 19.9. The highest BCUT2D eigenvalue weighted by Crippen LogP contribution is 2.14. The Balaban J connectivity index is 1.75. The predicted octanol–water partition coefficient (Wildman–Crippen LogP) is 9.20. The monoisotopic (exact) mass is 681 g/mol. The van der Waals surface area contributed by atoms with Crippen molar-refractivity contribution in [3.05, 3.63) is 65.7 Å². The standard InChI is InChI=1S/C42H72N4O3/c1-5-9-28-44(29-10-6-2)32-18-34-46(35-19-33-45(30-11-7-3)31-12-8-4)36-37-48-41-25-23-39(24-26-41)20-16-17-27-43-42(47)49-38-40-21-14-13-15-22-40/h13-15,21-26H,5-12,16-20,27-38H2,1-4H3,(H,43,47). The molecule has 0 atom stereocenters. The lowest BCUT2D eigenvalue weighted by atomic mass is 10.1. The van der Waals surface area contributed by atoms with Crippen LogP contribution in [-0.4, -0.2) is 92.8 Å². The fraction of sp³-hybridized carbons (Fsp3) is 0.690. The van der Waals surface area contributed by atoms with Crippen LogP contribution in [0, 0.1) is 0 Å². The number of unbranched alkanes of at least 4 members (excludes halogenated alkanes) is 5. The van der Waals surface area contributed by atoms with E-state index >= 15 is 0 Å². The van der Waals surface area contributed by atoms with E-state index in [0.717, 1.165) is 56.8 Å². The van der Waals surface area contributed by atoms with Crippen LogP contribution in [0.3, 0.4) is 0 Å². The molecule has 1 N–H and O–H groups in total. The van der Waals surface area contributed by atoms with Gasteiger partial charge in [0.25, 0.3) is 0 Å². The van der Waals surface area contributed by atoms with Crippen LogP contribution in [-0.2, 0) is 17.8 Å². The van der Waals surface area contributed by atoms with Crippen LogP contribution in [0.5, 0.6) is 5.75 Å². The quantitative estimate of drug-likeness (QED) is 0.0802. The molecule has 7 heteroatoms. The minimum absolute atomic E-state index is 0.299. The summed E-state index contributed by atoms with van der Waals surface area (Å²) in [6.45, 7) is 21.4. The second kappa shape index (κ2) is 29.2. The number of amides is 1. The summed E-state index contributed by atoms with van der Waals surface area (Å²) in [6.07, 6.45) is 15.3. The Morgan fingerprint density at radius 2 is 1.04 bits per heavy atom. The second-order valence-corrected chi connectivity index (χ2v) is 13.6. The summed E-state index contributed by atoms with van der Waals surface area (Å²) < 4.78 is 11.5. The zero-order chi connectivity index (χ0) is 35.2. The third kappa shape index (κ3) is 22.0. The van der Waals surface area contributed by atoms with E-state index in [2.05, 4.69) is 72.0 Å². The molecule has 0 heterocycles. The Morgan fingerprint density at radius 3 is 1.55 bits per heavy atom. The third-order valence-corrected chi connectivity index (χ3v) is 9.18. The van der Waals surface area contributed by atoms with Gasteiger partial charge in [-0.2, -0.15) is 0 Å². The molecule has 7 nitrogen and oxygen atoms in total. The fourth-order valence-corrected chi connectivity index (χ4v) is 6.03. The van der Waals surface area contributed by atoms with Crippen LogP contribution >= 0.6 is 0 Å². The first-order valence-electron chi connectivity index (χ1n) is 19.9. The maximum Gasteiger partial charge on any atom is 0.407 e. The molecule has 2 rings (SSSR count). The van der Waals surface area contributed by atoms with Gasteiger partial charge in [-0.05, 0) is 133 Å². The summed E-state index contributed by atoms with van der Waals surface area (Å²) in [5, 5.41) is 2.86. The number of ether oxygens (including phenoxy) is 2. The minimum Gasteiger partial charge on any atom is -0.492 e. The molecule has 2 aromatic rings. The van der Waals surface area contributed by atoms with Gasteiger partial charge in [0.1, 0.15) is 19.0 Å². The number of carbonyl (C=O) groups is 1. The maximum atomic E-state index is 12.0. The average Bonchev–Trinajstić information content (AvgIpc) is 3.13. The van der Waals surface area contributed by atoms with Crippen molar-refractivity contribution in [2.24, 2.45) is 0 Å². The van der Waals surface area contributed by atoms with Crippen LogP contribution in [0.2, 0.25) is 0 Å². The summed E-state index contributed by atoms with van der Waals surface area (Å²) in [5.74, 6) is 0.946. The van der Waals surface area contributed by atoms with E-state index in [4.69, 9.17) is 9.47 Å². The van der Waals surface area contributed by atoms with Crippen molar-refractivity contribution < 1.29 is 14.3 Å². The van der Waals surface area contributed by atoms with E-state index in [1.165, 1.54) is 109 Å². The molecule has 49 heavy (non-hydrogen) atoms. The Labute approximate surface area is 301 Å². The molecule has 0 aliphatic rings. The molecule has 0 saturated heterocycles. The van der Waals surface area contributed by atoms with Crippen LogP contribution < -0.4 is 10.1 Å². The molecular weight excluding hydrogens is 608 g/mol. The number of nitrogens with zero attached hydrogens (tertiary/aromatic N) is 3. The van der Waals surface area contributed by atoms with Gasteiger partial charge in [0.15, 0.2) is 0 Å². The van der Waals surface area contributed by atoms with Gasteiger partial charge < -0.3 is 24.6 Å². The van der Waals surface area contributed by atoms with Crippen LogP contribution in [0.15, 0.2) is 54.6 Å². The van der Waals surface area contributed by atoms with Gasteiger partial charge in [0, 0.05) is 13.1 Å². The van der Waals surface area contributed by atoms with Gasteiger partial charge in [0.05, 0.1) is 0 Å². The number of aryl methyl sites for hydroxylation is 1. The molecule has 0 radical (unpaired) electrons. The van der Waals surface area contributed by atoms with Gasteiger partial charge >= 0.3 is 6.09 Å². The number of hydrogen-bond donors (Lipinski definition) is 1. The van der Waals surface area contributed by atoms with E-state index in [1.54, 1.807) is 0 Å². The number of carbonyl (C=O) groups excluding carboxylic acids is 1. The van der Waals surface area contributed by atoms with E-state index in [-0.39, 0.29) is 6.09 Å². The topological polar surface area (TPSA) is 57.3 Å². The third-order valence-electron chi connectivity index (χ3n) is 9.18. The molecule has 0 saturated carbocycles. The molecule has 278 valence electrons. The molecule has 2 aromatic carbocycles. The summed E-state index contributed by atoms with van der Waals surface area (Å²) in [6, 6.07) is 18.3. The molecule has 0 aromatic heterocycles. The van der Waals surface area contributed by atoms with Gasteiger partial charge in [-0.1, -0.05) is 95.8 Å². The zero-order valence-electron chi connectivity index (χ0n) is 31.9. The Hall–Kier alpha value is -2.61. The summed E-state index contributed by atoms with van der Waals surface area (Å²) in [4.78, 5) is 20.0. The molecule has 0 aliphatic heterocycles. The SMILES string of the molecule is CCCCN(CCCC)CCCN(CCCN(CCCC)CCCC)CCOc1ccc(CCCCNC(=O)OCc2ccccc2)cc1. The number of alkyl carbamates (subject to hydrolysis) is 1. The lowest BCUT2D eigenvalue weighted by molar-refractivity contribution is 0.139. The minimum atomic E-state index is -0.356. The van der Waals surface area contributed by atoms with E-state index in [9.17, 15) is 4.79 Å².